The highest BCUT2D eigenvalue weighted by Gasteiger charge is 2.18. The summed E-state index contributed by atoms with van der Waals surface area (Å²) < 4.78 is 12.8. The summed E-state index contributed by atoms with van der Waals surface area (Å²) in [6, 6.07) is 4.56. The van der Waals surface area contributed by atoms with E-state index in [2.05, 4.69) is 17.3 Å². The van der Waals surface area contributed by atoms with Gasteiger partial charge in [-0.2, -0.15) is 0 Å². The van der Waals surface area contributed by atoms with Gasteiger partial charge in [-0.3, -0.25) is 0 Å². The molecule has 1 fully saturated rings. The van der Waals surface area contributed by atoms with E-state index in [0.29, 0.717) is 11.6 Å². The molecule has 1 aliphatic rings. The summed E-state index contributed by atoms with van der Waals surface area (Å²) in [4.78, 5) is 2.34. The second-order valence-electron chi connectivity index (χ2n) is 4.78. The fourth-order valence-corrected chi connectivity index (χ4v) is 2.50. The van der Waals surface area contributed by atoms with Crippen LogP contribution < -0.4 is 5.32 Å². The van der Waals surface area contributed by atoms with Crippen molar-refractivity contribution in [2.24, 2.45) is 5.92 Å². The number of hydrogen-bond acceptors (Lipinski definition) is 2. The maximum atomic E-state index is 12.8. The molecule has 1 atom stereocenters. The van der Waals surface area contributed by atoms with E-state index in [-0.39, 0.29) is 5.82 Å². The zero-order valence-electron chi connectivity index (χ0n) is 10.0. The van der Waals surface area contributed by atoms with E-state index in [9.17, 15) is 4.39 Å². The van der Waals surface area contributed by atoms with Crippen molar-refractivity contribution in [3.63, 3.8) is 0 Å². The molecule has 1 saturated heterocycles. The van der Waals surface area contributed by atoms with Crippen molar-refractivity contribution in [3.8, 4) is 0 Å². The van der Waals surface area contributed by atoms with Crippen LogP contribution in [0.1, 0.15) is 12.0 Å². The molecule has 4 heteroatoms. The third-order valence-electron chi connectivity index (χ3n) is 3.25. The normalized spacial score (nSPS) is 21.0. The molecule has 0 spiro atoms. The van der Waals surface area contributed by atoms with Gasteiger partial charge in [-0.05, 0) is 50.2 Å². The molecule has 1 aliphatic heterocycles. The van der Waals surface area contributed by atoms with Crippen molar-refractivity contribution in [1.29, 1.82) is 0 Å². The minimum Gasteiger partial charge on any atom is -0.312 e. The average Bonchev–Trinajstić information content (AvgIpc) is 2.68. The van der Waals surface area contributed by atoms with Gasteiger partial charge in [-0.15, -0.1) is 0 Å². The molecule has 0 radical (unpaired) electrons. The first kappa shape index (κ1) is 12.8. The van der Waals surface area contributed by atoms with Crippen LogP contribution in [0.4, 0.5) is 4.39 Å². The van der Waals surface area contributed by atoms with Crippen LogP contribution in [0.5, 0.6) is 0 Å². The number of halogens is 2. The lowest BCUT2D eigenvalue weighted by Gasteiger charge is -2.12. The summed E-state index contributed by atoms with van der Waals surface area (Å²) in [5, 5.41) is 3.89. The second kappa shape index (κ2) is 5.80. The van der Waals surface area contributed by atoms with E-state index < -0.39 is 0 Å². The highest BCUT2D eigenvalue weighted by molar-refractivity contribution is 6.31. The number of likely N-dealkylation sites (tertiary alicyclic amines) is 1. The number of nitrogens with one attached hydrogen (secondary N) is 1. The van der Waals surface area contributed by atoms with Gasteiger partial charge in [0, 0.05) is 18.1 Å². The molecule has 1 aromatic rings. The fraction of sp³-hybridized carbons (Fsp3) is 0.538. The van der Waals surface area contributed by atoms with Gasteiger partial charge in [0.05, 0.1) is 0 Å². The summed E-state index contributed by atoms with van der Waals surface area (Å²) in [7, 11) is 2.15. The molecule has 0 saturated carbocycles. The molecule has 2 rings (SSSR count). The van der Waals surface area contributed by atoms with Crippen LogP contribution in [-0.2, 0) is 6.54 Å². The van der Waals surface area contributed by atoms with Gasteiger partial charge in [0.2, 0.25) is 0 Å². The summed E-state index contributed by atoms with van der Waals surface area (Å²) in [5.41, 5.74) is 0.958. The molecule has 0 aromatic heterocycles. The van der Waals surface area contributed by atoms with Crippen LogP contribution in [0.25, 0.3) is 0 Å². The van der Waals surface area contributed by atoms with Crippen molar-refractivity contribution in [3.05, 3.63) is 34.6 Å². The molecule has 0 bridgehead atoms. The van der Waals surface area contributed by atoms with E-state index in [1.54, 1.807) is 6.07 Å². The van der Waals surface area contributed by atoms with Crippen molar-refractivity contribution < 1.29 is 4.39 Å². The van der Waals surface area contributed by atoms with E-state index in [0.717, 1.165) is 24.6 Å². The average molecular weight is 257 g/mol. The van der Waals surface area contributed by atoms with Gasteiger partial charge in [-0.25, -0.2) is 4.39 Å². The number of benzene rings is 1. The Balaban J connectivity index is 1.78. The topological polar surface area (TPSA) is 15.3 Å². The zero-order valence-corrected chi connectivity index (χ0v) is 10.8. The van der Waals surface area contributed by atoms with Crippen LogP contribution >= 0.6 is 11.6 Å². The molecule has 17 heavy (non-hydrogen) atoms. The minimum absolute atomic E-state index is 0.281. The van der Waals surface area contributed by atoms with Gasteiger partial charge in [0.1, 0.15) is 5.82 Å². The highest BCUT2D eigenvalue weighted by Crippen LogP contribution is 2.17. The first-order chi connectivity index (χ1) is 8.15. The Morgan fingerprint density at radius 3 is 3.00 bits per heavy atom. The second-order valence-corrected chi connectivity index (χ2v) is 5.19. The summed E-state index contributed by atoms with van der Waals surface area (Å²) in [6.07, 6.45) is 1.25. The number of nitrogens with zero attached hydrogens (tertiary/aromatic N) is 1. The lowest BCUT2D eigenvalue weighted by molar-refractivity contribution is 0.388. The summed E-state index contributed by atoms with van der Waals surface area (Å²) in [5.74, 6) is 0.440. The maximum absolute atomic E-state index is 12.8. The van der Waals surface area contributed by atoms with Crippen molar-refractivity contribution in [2.75, 3.05) is 26.7 Å². The molecule has 1 aromatic carbocycles. The Hall–Kier alpha value is -0.640. The summed E-state index contributed by atoms with van der Waals surface area (Å²) >= 11 is 5.96. The van der Waals surface area contributed by atoms with Gasteiger partial charge < -0.3 is 10.2 Å². The fourth-order valence-electron chi connectivity index (χ4n) is 2.27. The smallest absolute Gasteiger partial charge is 0.124 e. The number of rotatable bonds is 4. The molecule has 1 unspecified atom stereocenters. The third kappa shape index (κ3) is 3.66. The van der Waals surface area contributed by atoms with Gasteiger partial charge >= 0.3 is 0 Å². The standard InChI is InChI=1S/C13H18ClFN2/c1-17-5-4-10(9-17)7-16-8-11-2-3-12(15)6-13(11)14/h2-3,6,10,16H,4-5,7-9H2,1H3. The van der Waals surface area contributed by atoms with E-state index in [1.165, 1.54) is 25.1 Å². The Kier molecular flexibility index (Phi) is 4.37. The Morgan fingerprint density at radius 2 is 2.35 bits per heavy atom. The predicted molar refractivity (Wildman–Crippen MR) is 68.7 cm³/mol. The van der Waals surface area contributed by atoms with Crippen LogP contribution in [0, 0.1) is 11.7 Å². The molecular weight excluding hydrogens is 239 g/mol. The van der Waals surface area contributed by atoms with Gasteiger partial charge in [0.25, 0.3) is 0 Å². The Labute approximate surface area is 107 Å². The quantitative estimate of drug-likeness (QED) is 0.891. The maximum Gasteiger partial charge on any atom is 0.124 e. The van der Waals surface area contributed by atoms with Crippen LogP contribution in [0.3, 0.4) is 0 Å². The molecule has 1 heterocycles. The summed E-state index contributed by atoms with van der Waals surface area (Å²) in [6.45, 7) is 4.05. The molecule has 0 amide bonds. The van der Waals surface area contributed by atoms with Crippen molar-refractivity contribution in [1.82, 2.24) is 10.2 Å². The lowest BCUT2D eigenvalue weighted by atomic mass is 10.1. The van der Waals surface area contributed by atoms with Crippen molar-refractivity contribution >= 4 is 11.6 Å². The molecule has 1 N–H and O–H groups in total. The molecule has 0 aliphatic carbocycles. The monoisotopic (exact) mass is 256 g/mol. The van der Waals surface area contributed by atoms with E-state index >= 15 is 0 Å². The first-order valence-electron chi connectivity index (χ1n) is 5.98. The molecule has 94 valence electrons. The SMILES string of the molecule is CN1CCC(CNCc2ccc(F)cc2Cl)C1. The Bertz CT molecular complexity index is 384. The van der Waals surface area contributed by atoms with Crippen LogP contribution in [0.2, 0.25) is 5.02 Å². The van der Waals surface area contributed by atoms with Crippen LogP contribution in [-0.4, -0.2) is 31.6 Å². The lowest BCUT2D eigenvalue weighted by Crippen LogP contribution is -2.24. The van der Waals surface area contributed by atoms with E-state index in [4.69, 9.17) is 11.6 Å². The van der Waals surface area contributed by atoms with E-state index in [1.807, 2.05) is 0 Å². The minimum atomic E-state index is -0.281. The highest BCUT2D eigenvalue weighted by atomic mass is 35.5. The zero-order chi connectivity index (χ0) is 12.3. The number of hydrogen-bond donors (Lipinski definition) is 1. The first-order valence-corrected chi connectivity index (χ1v) is 6.36. The molecule has 2 nitrogen and oxygen atoms in total. The van der Waals surface area contributed by atoms with Gasteiger partial charge in [0.15, 0.2) is 0 Å². The predicted octanol–water partition coefficient (Wildman–Crippen LogP) is 2.52. The molecular formula is C13H18ClFN2. The van der Waals surface area contributed by atoms with Crippen molar-refractivity contribution in [2.45, 2.75) is 13.0 Å². The third-order valence-corrected chi connectivity index (χ3v) is 3.60. The largest absolute Gasteiger partial charge is 0.312 e. The van der Waals surface area contributed by atoms with Crippen LogP contribution in [0.15, 0.2) is 18.2 Å². The Morgan fingerprint density at radius 1 is 1.53 bits per heavy atom. The van der Waals surface area contributed by atoms with Gasteiger partial charge in [-0.1, -0.05) is 17.7 Å².